The number of nitrogens with zero attached hydrogens (tertiary/aromatic N) is 2. The van der Waals surface area contributed by atoms with Crippen molar-refractivity contribution in [2.24, 2.45) is 12.5 Å². The van der Waals surface area contributed by atoms with Gasteiger partial charge in [-0.25, -0.2) is 0 Å². The number of hydrogen-bond acceptors (Lipinski definition) is 3. The van der Waals surface area contributed by atoms with Crippen LogP contribution in [0.25, 0.3) is 0 Å². The SMILES string of the molecule is CC(C)c1nn(C)cc1NC1CSCC(C)(C)C1. The summed E-state index contributed by atoms with van der Waals surface area (Å²) in [7, 11) is 2.00. The molecule has 18 heavy (non-hydrogen) atoms. The minimum atomic E-state index is 0.445. The summed E-state index contributed by atoms with van der Waals surface area (Å²) in [4.78, 5) is 0. The van der Waals surface area contributed by atoms with E-state index in [0.717, 1.165) is 0 Å². The Morgan fingerprint density at radius 1 is 1.50 bits per heavy atom. The lowest BCUT2D eigenvalue weighted by Crippen LogP contribution is -2.35. The van der Waals surface area contributed by atoms with Gasteiger partial charge in [0, 0.05) is 25.0 Å². The van der Waals surface area contributed by atoms with E-state index in [0.29, 0.717) is 17.4 Å². The fourth-order valence-corrected chi connectivity index (χ4v) is 3.89. The van der Waals surface area contributed by atoms with Crippen molar-refractivity contribution >= 4 is 17.4 Å². The smallest absolute Gasteiger partial charge is 0.0881 e. The molecule has 1 fully saturated rings. The minimum Gasteiger partial charge on any atom is -0.379 e. The first kappa shape index (κ1) is 13.8. The van der Waals surface area contributed by atoms with Gasteiger partial charge in [-0.05, 0) is 23.5 Å². The normalized spacial score (nSPS) is 23.3. The van der Waals surface area contributed by atoms with Crippen LogP contribution in [0.5, 0.6) is 0 Å². The molecule has 1 unspecified atom stereocenters. The number of hydrogen-bond donors (Lipinski definition) is 1. The Labute approximate surface area is 115 Å². The molecule has 0 bridgehead atoms. The van der Waals surface area contributed by atoms with Crippen LogP contribution >= 0.6 is 11.8 Å². The van der Waals surface area contributed by atoms with Crippen LogP contribution < -0.4 is 5.32 Å². The summed E-state index contributed by atoms with van der Waals surface area (Å²) >= 11 is 2.06. The number of thioether (sulfide) groups is 1. The molecule has 1 aliphatic rings. The Balaban J connectivity index is 2.09. The van der Waals surface area contributed by atoms with E-state index in [2.05, 4.69) is 56.1 Å². The monoisotopic (exact) mass is 267 g/mol. The molecule has 0 saturated carbocycles. The third kappa shape index (κ3) is 3.22. The van der Waals surface area contributed by atoms with Crippen molar-refractivity contribution in [2.75, 3.05) is 16.8 Å². The predicted octanol–water partition coefficient (Wildman–Crippen LogP) is 3.49. The number of nitrogens with one attached hydrogen (secondary N) is 1. The minimum absolute atomic E-state index is 0.445. The molecular weight excluding hydrogens is 242 g/mol. The van der Waals surface area contributed by atoms with Gasteiger partial charge in [-0.3, -0.25) is 4.68 Å². The van der Waals surface area contributed by atoms with E-state index in [1.807, 2.05) is 11.7 Å². The third-order valence-corrected chi connectivity index (χ3v) is 5.00. The maximum Gasteiger partial charge on any atom is 0.0881 e. The van der Waals surface area contributed by atoms with Gasteiger partial charge >= 0.3 is 0 Å². The summed E-state index contributed by atoms with van der Waals surface area (Å²) < 4.78 is 1.92. The van der Waals surface area contributed by atoms with E-state index < -0.39 is 0 Å². The second-order valence-corrected chi connectivity index (χ2v) is 7.51. The number of aryl methyl sites for hydroxylation is 1. The van der Waals surface area contributed by atoms with Gasteiger partial charge in [0.2, 0.25) is 0 Å². The van der Waals surface area contributed by atoms with Gasteiger partial charge < -0.3 is 5.32 Å². The molecule has 102 valence electrons. The van der Waals surface area contributed by atoms with Gasteiger partial charge in [0.25, 0.3) is 0 Å². The van der Waals surface area contributed by atoms with Crippen molar-refractivity contribution in [3.63, 3.8) is 0 Å². The molecule has 0 spiro atoms. The Bertz CT molecular complexity index is 409. The number of anilines is 1. The van der Waals surface area contributed by atoms with Gasteiger partial charge in [0.1, 0.15) is 0 Å². The van der Waals surface area contributed by atoms with Crippen LogP contribution in [0, 0.1) is 5.41 Å². The number of aromatic nitrogens is 2. The molecule has 1 aromatic heterocycles. The molecule has 0 amide bonds. The molecule has 1 N–H and O–H groups in total. The standard InChI is InChI=1S/C14H25N3S/c1-10(2)13-12(7-17(5)16-13)15-11-6-14(3,4)9-18-8-11/h7,10-11,15H,6,8-9H2,1-5H3. The van der Waals surface area contributed by atoms with Crippen LogP contribution in [-0.4, -0.2) is 27.3 Å². The van der Waals surface area contributed by atoms with E-state index in [1.165, 1.54) is 29.3 Å². The van der Waals surface area contributed by atoms with Crippen molar-refractivity contribution in [2.45, 2.75) is 46.1 Å². The van der Waals surface area contributed by atoms with Crippen LogP contribution in [0.4, 0.5) is 5.69 Å². The molecule has 0 aromatic carbocycles. The van der Waals surface area contributed by atoms with Crippen LogP contribution in [0.2, 0.25) is 0 Å². The zero-order chi connectivity index (χ0) is 13.3. The molecule has 1 saturated heterocycles. The van der Waals surface area contributed by atoms with Gasteiger partial charge in [-0.15, -0.1) is 0 Å². The zero-order valence-corrected chi connectivity index (χ0v) is 13.0. The van der Waals surface area contributed by atoms with E-state index in [9.17, 15) is 0 Å². The van der Waals surface area contributed by atoms with Crippen LogP contribution in [0.1, 0.15) is 45.7 Å². The lowest BCUT2D eigenvalue weighted by molar-refractivity contribution is 0.358. The molecule has 3 nitrogen and oxygen atoms in total. The highest BCUT2D eigenvalue weighted by Crippen LogP contribution is 2.35. The van der Waals surface area contributed by atoms with Crippen molar-refractivity contribution in [1.29, 1.82) is 0 Å². The molecule has 0 aliphatic carbocycles. The Kier molecular flexibility index (Phi) is 3.95. The molecule has 1 aromatic rings. The quantitative estimate of drug-likeness (QED) is 0.909. The highest BCUT2D eigenvalue weighted by Gasteiger charge is 2.29. The summed E-state index contributed by atoms with van der Waals surface area (Å²) in [6, 6.07) is 0.570. The van der Waals surface area contributed by atoms with E-state index in [-0.39, 0.29) is 0 Å². The molecule has 0 radical (unpaired) electrons. The first-order valence-corrected chi connectivity index (χ1v) is 7.91. The second-order valence-electron chi connectivity index (χ2n) is 6.48. The Morgan fingerprint density at radius 2 is 2.22 bits per heavy atom. The second kappa shape index (κ2) is 5.16. The van der Waals surface area contributed by atoms with Gasteiger partial charge in [0.15, 0.2) is 0 Å². The summed E-state index contributed by atoms with van der Waals surface area (Å²) in [5.74, 6) is 2.95. The molecular formula is C14H25N3S. The molecule has 4 heteroatoms. The summed E-state index contributed by atoms with van der Waals surface area (Å²) in [5, 5.41) is 8.26. The van der Waals surface area contributed by atoms with Crippen molar-refractivity contribution in [3.8, 4) is 0 Å². The van der Waals surface area contributed by atoms with Crippen LogP contribution in [0.3, 0.4) is 0 Å². The van der Waals surface area contributed by atoms with Crippen molar-refractivity contribution in [3.05, 3.63) is 11.9 Å². The van der Waals surface area contributed by atoms with Crippen LogP contribution in [-0.2, 0) is 7.05 Å². The zero-order valence-electron chi connectivity index (χ0n) is 12.2. The largest absolute Gasteiger partial charge is 0.379 e. The maximum absolute atomic E-state index is 4.56. The molecule has 1 aliphatic heterocycles. The Hall–Kier alpha value is -0.640. The molecule has 2 rings (SSSR count). The van der Waals surface area contributed by atoms with E-state index in [1.54, 1.807) is 0 Å². The van der Waals surface area contributed by atoms with Crippen molar-refractivity contribution < 1.29 is 0 Å². The summed E-state index contributed by atoms with van der Waals surface area (Å²) in [5.41, 5.74) is 2.85. The fourth-order valence-electron chi connectivity index (χ4n) is 2.62. The first-order chi connectivity index (χ1) is 8.37. The lowest BCUT2D eigenvalue weighted by atomic mass is 9.87. The highest BCUT2D eigenvalue weighted by atomic mass is 32.2. The molecule has 2 heterocycles. The van der Waals surface area contributed by atoms with Gasteiger partial charge in [-0.2, -0.15) is 16.9 Å². The van der Waals surface area contributed by atoms with E-state index >= 15 is 0 Å². The average Bonchev–Trinajstić information content (AvgIpc) is 2.58. The van der Waals surface area contributed by atoms with Crippen molar-refractivity contribution in [1.82, 2.24) is 9.78 Å². The Morgan fingerprint density at radius 3 is 2.83 bits per heavy atom. The van der Waals surface area contributed by atoms with E-state index in [4.69, 9.17) is 0 Å². The van der Waals surface area contributed by atoms with Gasteiger partial charge in [0.05, 0.1) is 11.4 Å². The van der Waals surface area contributed by atoms with Gasteiger partial charge in [-0.1, -0.05) is 27.7 Å². The topological polar surface area (TPSA) is 29.9 Å². The first-order valence-electron chi connectivity index (χ1n) is 6.75. The predicted molar refractivity (Wildman–Crippen MR) is 80.4 cm³/mol. The van der Waals surface area contributed by atoms with Crippen LogP contribution in [0.15, 0.2) is 6.20 Å². The summed E-state index contributed by atoms with van der Waals surface area (Å²) in [6.45, 7) is 9.13. The number of rotatable bonds is 3. The average molecular weight is 267 g/mol. The fraction of sp³-hybridized carbons (Fsp3) is 0.786. The summed E-state index contributed by atoms with van der Waals surface area (Å²) in [6.07, 6.45) is 3.36. The highest BCUT2D eigenvalue weighted by molar-refractivity contribution is 7.99. The lowest BCUT2D eigenvalue weighted by Gasteiger charge is -2.35. The maximum atomic E-state index is 4.56. The molecule has 1 atom stereocenters. The third-order valence-electron chi connectivity index (χ3n) is 3.37.